The van der Waals surface area contributed by atoms with Gasteiger partial charge in [-0.3, -0.25) is 9.80 Å². The normalized spacial score (nSPS) is 27.0. The van der Waals surface area contributed by atoms with Crippen LogP contribution in [0.2, 0.25) is 0 Å². The third-order valence-corrected chi connectivity index (χ3v) is 4.96. The molecule has 2 aliphatic heterocycles. The summed E-state index contributed by atoms with van der Waals surface area (Å²) >= 11 is 0. The minimum atomic E-state index is 0.300. The predicted octanol–water partition coefficient (Wildman–Crippen LogP) is 1.57. The molecule has 1 aromatic carbocycles. The lowest BCUT2D eigenvalue weighted by atomic mass is 9.96. The average molecular weight is 316 g/mol. The third kappa shape index (κ3) is 4.88. The first kappa shape index (κ1) is 16.7. The minimum Gasteiger partial charge on any atom is -0.396 e. The summed E-state index contributed by atoms with van der Waals surface area (Å²) in [5.41, 5.74) is 1.25. The second-order valence-corrected chi connectivity index (χ2v) is 6.65. The summed E-state index contributed by atoms with van der Waals surface area (Å²) in [6, 6.07) is 10.4. The van der Waals surface area contributed by atoms with Crippen molar-refractivity contribution < 1.29 is 9.84 Å². The van der Waals surface area contributed by atoms with Gasteiger partial charge in [0, 0.05) is 45.9 Å². The average Bonchev–Trinajstić information content (AvgIpc) is 2.98. The fraction of sp³-hybridized carbons (Fsp3) is 0.579. The molecule has 2 atom stereocenters. The van der Waals surface area contributed by atoms with E-state index in [0.717, 1.165) is 52.5 Å². The summed E-state index contributed by atoms with van der Waals surface area (Å²) in [7, 11) is 0. The maximum absolute atomic E-state index is 9.70. The monoisotopic (exact) mass is 316 g/mol. The van der Waals surface area contributed by atoms with E-state index in [1.807, 2.05) is 6.07 Å². The molecule has 4 heteroatoms. The van der Waals surface area contributed by atoms with Gasteiger partial charge in [-0.25, -0.2) is 0 Å². The minimum absolute atomic E-state index is 0.300. The van der Waals surface area contributed by atoms with Crippen LogP contribution < -0.4 is 0 Å². The Hall–Kier alpha value is -1.20. The van der Waals surface area contributed by atoms with Crippen molar-refractivity contribution in [1.82, 2.24) is 9.80 Å². The molecule has 4 nitrogen and oxygen atoms in total. The molecule has 2 fully saturated rings. The molecule has 1 N–H and O–H groups in total. The predicted molar refractivity (Wildman–Crippen MR) is 93.2 cm³/mol. The Kier molecular flexibility index (Phi) is 6.22. The summed E-state index contributed by atoms with van der Waals surface area (Å²) in [6.07, 6.45) is 4.42. The van der Waals surface area contributed by atoms with Crippen LogP contribution >= 0.6 is 0 Å². The highest BCUT2D eigenvalue weighted by Gasteiger charge is 2.33. The first-order chi connectivity index (χ1) is 11.3. The summed E-state index contributed by atoms with van der Waals surface area (Å²) in [6.45, 7) is 8.20. The van der Waals surface area contributed by atoms with Crippen LogP contribution in [-0.2, 0) is 4.74 Å². The highest BCUT2D eigenvalue weighted by atomic mass is 16.5. The van der Waals surface area contributed by atoms with Gasteiger partial charge < -0.3 is 9.84 Å². The summed E-state index contributed by atoms with van der Waals surface area (Å²) < 4.78 is 5.42. The fourth-order valence-electron chi connectivity index (χ4n) is 3.62. The largest absolute Gasteiger partial charge is 0.396 e. The van der Waals surface area contributed by atoms with Crippen molar-refractivity contribution in [2.24, 2.45) is 11.8 Å². The Morgan fingerprint density at radius 2 is 1.78 bits per heavy atom. The van der Waals surface area contributed by atoms with E-state index in [0.29, 0.717) is 18.4 Å². The molecule has 126 valence electrons. The zero-order valence-electron chi connectivity index (χ0n) is 13.8. The number of hydrogen-bond acceptors (Lipinski definition) is 4. The second-order valence-electron chi connectivity index (χ2n) is 6.65. The molecule has 23 heavy (non-hydrogen) atoms. The van der Waals surface area contributed by atoms with Gasteiger partial charge in [0.05, 0.1) is 13.2 Å². The molecule has 2 saturated heterocycles. The van der Waals surface area contributed by atoms with E-state index in [9.17, 15) is 5.11 Å². The van der Waals surface area contributed by atoms with E-state index in [2.05, 4.69) is 46.2 Å². The number of nitrogens with zero attached hydrogens (tertiary/aromatic N) is 2. The van der Waals surface area contributed by atoms with Gasteiger partial charge in [0.1, 0.15) is 0 Å². The van der Waals surface area contributed by atoms with Crippen molar-refractivity contribution >= 4 is 6.08 Å². The zero-order chi connectivity index (χ0) is 15.9. The molecule has 0 spiro atoms. The van der Waals surface area contributed by atoms with Crippen molar-refractivity contribution in [3.63, 3.8) is 0 Å². The van der Waals surface area contributed by atoms with Gasteiger partial charge in [-0.15, -0.1) is 0 Å². The van der Waals surface area contributed by atoms with Crippen LogP contribution in [-0.4, -0.2) is 74.0 Å². The van der Waals surface area contributed by atoms with Crippen LogP contribution in [0.1, 0.15) is 5.56 Å². The van der Waals surface area contributed by atoms with E-state index in [1.54, 1.807) is 0 Å². The molecule has 2 aliphatic rings. The van der Waals surface area contributed by atoms with E-state index < -0.39 is 0 Å². The fourth-order valence-corrected chi connectivity index (χ4v) is 3.62. The molecule has 2 heterocycles. The number of morpholine rings is 1. The van der Waals surface area contributed by atoms with Crippen molar-refractivity contribution in [2.75, 3.05) is 59.1 Å². The van der Waals surface area contributed by atoms with Gasteiger partial charge in [-0.2, -0.15) is 0 Å². The number of hydrogen-bond donors (Lipinski definition) is 1. The molecular formula is C19H28N2O2. The van der Waals surface area contributed by atoms with Crippen molar-refractivity contribution in [1.29, 1.82) is 0 Å². The van der Waals surface area contributed by atoms with Gasteiger partial charge >= 0.3 is 0 Å². The molecule has 1 aromatic rings. The molecule has 0 unspecified atom stereocenters. The standard InChI is InChI=1S/C19H28N2O2/c22-16-19-15-21(8-4-7-17-5-2-1-3-6-17)14-18(19)13-20-9-11-23-12-10-20/h1-7,18-19,22H,8-16H2/b7-4+/t18-,19-/m1/s1. The maximum Gasteiger partial charge on any atom is 0.0594 e. The van der Waals surface area contributed by atoms with Gasteiger partial charge in [-0.1, -0.05) is 42.5 Å². The molecule has 0 radical (unpaired) electrons. The molecule has 0 aromatic heterocycles. The summed E-state index contributed by atoms with van der Waals surface area (Å²) in [5, 5.41) is 9.70. The number of aliphatic hydroxyl groups is 1. The molecule has 0 bridgehead atoms. The maximum atomic E-state index is 9.70. The van der Waals surface area contributed by atoms with Crippen LogP contribution in [0.3, 0.4) is 0 Å². The van der Waals surface area contributed by atoms with E-state index >= 15 is 0 Å². The lowest BCUT2D eigenvalue weighted by Gasteiger charge is -2.30. The highest BCUT2D eigenvalue weighted by molar-refractivity contribution is 5.48. The number of ether oxygens (including phenoxy) is 1. The second kappa shape index (κ2) is 8.60. The van der Waals surface area contributed by atoms with Crippen LogP contribution in [0.15, 0.2) is 36.4 Å². The van der Waals surface area contributed by atoms with Gasteiger partial charge in [-0.05, 0) is 17.4 Å². The molecule has 0 amide bonds. The Morgan fingerprint density at radius 3 is 2.52 bits per heavy atom. The molecule has 0 saturated carbocycles. The van der Waals surface area contributed by atoms with Crippen LogP contribution in [0, 0.1) is 11.8 Å². The quantitative estimate of drug-likeness (QED) is 0.864. The van der Waals surface area contributed by atoms with E-state index in [1.165, 1.54) is 5.56 Å². The molecule has 0 aliphatic carbocycles. The first-order valence-electron chi connectivity index (χ1n) is 8.70. The summed E-state index contributed by atoms with van der Waals surface area (Å²) in [5.74, 6) is 0.978. The number of benzene rings is 1. The Balaban J connectivity index is 1.48. The van der Waals surface area contributed by atoms with Gasteiger partial charge in [0.2, 0.25) is 0 Å². The van der Waals surface area contributed by atoms with Crippen molar-refractivity contribution in [2.45, 2.75) is 0 Å². The Labute approximate surface area is 139 Å². The van der Waals surface area contributed by atoms with Crippen molar-refractivity contribution in [3.05, 3.63) is 42.0 Å². The van der Waals surface area contributed by atoms with Crippen LogP contribution in [0.4, 0.5) is 0 Å². The third-order valence-electron chi connectivity index (χ3n) is 4.96. The van der Waals surface area contributed by atoms with Crippen LogP contribution in [0.5, 0.6) is 0 Å². The first-order valence-corrected chi connectivity index (χ1v) is 8.70. The van der Waals surface area contributed by atoms with E-state index in [-0.39, 0.29) is 0 Å². The van der Waals surface area contributed by atoms with Gasteiger partial charge in [0.15, 0.2) is 0 Å². The van der Waals surface area contributed by atoms with Crippen LogP contribution in [0.25, 0.3) is 6.08 Å². The lowest BCUT2D eigenvalue weighted by molar-refractivity contribution is 0.0265. The zero-order valence-corrected chi connectivity index (χ0v) is 13.8. The van der Waals surface area contributed by atoms with Crippen molar-refractivity contribution in [3.8, 4) is 0 Å². The molecule has 3 rings (SSSR count). The topological polar surface area (TPSA) is 35.9 Å². The summed E-state index contributed by atoms with van der Waals surface area (Å²) in [4.78, 5) is 4.95. The lowest BCUT2D eigenvalue weighted by Crippen LogP contribution is -2.41. The highest BCUT2D eigenvalue weighted by Crippen LogP contribution is 2.24. The van der Waals surface area contributed by atoms with E-state index in [4.69, 9.17) is 4.74 Å². The Morgan fingerprint density at radius 1 is 1.04 bits per heavy atom. The number of rotatable bonds is 6. The number of aliphatic hydroxyl groups excluding tert-OH is 1. The smallest absolute Gasteiger partial charge is 0.0594 e. The van der Waals surface area contributed by atoms with Gasteiger partial charge in [0.25, 0.3) is 0 Å². The number of likely N-dealkylation sites (tertiary alicyclic amines) is 1. The SMILES string of the molecule is OC[C@H]1CN(C/C=C/c2ccccc2)C[C@H]1CN1CCOCC1. The Bertz CT molecular complexity index is 485. The molecular weight excluding hydrogens is 288 g/mol.